The van der Waals surface area contributed by atoms with Gasteiger partial charge in [0.15, 0.2) is 0 Å². The van der Waals surface area contributed by atoms with Crippen molar-refractivity contribution in [1.29, 1.82) is 0 Å². The van der Waals surface area contributed by atoms with Crippen LogP contribution in [-0.2, 0) is 9.53 Å². The molecule has 2 fully saturated rings. The third-order valence-electron chi connectivity index (χ3n) is 3.84. The summed E-state index contributed by atoms with van der Waals surface area (Å²) in [5, 5.41) is 0. The molecule has 1 saturated heterocycles. The van der Waals surface area contributed by atoms with Crippen LogP contribution in [0.15, 0.2) is 0 Å². The molecule has 1 unspecified atom stereocenters. The van der Waals surface area contributed by atoms with Crippen LogP contribution in [0.1, 0.15) is 44.9 Å². The minimum Gasteiger partial charge on any atom is -0.368 e. The van der Waals surface area contributed by atoms with Crippen molar-refractivity contribution >= 4 is 5.91 Å². The smallest absolute Gasteiger partial charge is 0.251 e. The van der Waals surface area contributed by atoms with E-state index in [0.29, 0.717) is 0 Å². The number of nitrogens with zero attached hydrogens (tertiary/aromatic N) is 1. The van der Waals surface area contributed by atoms with Gasteiger partial charge in [-0.1, -0.05) is 19.3 Å². The molecule has 0 aromatic heterocycles. The number of amides is 1. The molecular formula is C13H23NO2. The van der Waals surface area contributed by atoms with Crippen LogP contribution in [0.25, 0.3) is 0 Å². The van der Waals surface area contributed by atoms with Gasteiger partial charge in [-0.15, -0.1) is 0 Å². The third kappa shape index (κ3) is 2.97. The van der Waals surface area contributed by atoms with Gasteiger partial charge in [0.05, 0.1) is 0 Å². The zero-order valence-electron chi connectivity index (χ0n) is 10.3. The lowest BCUT2D eigenvalue weighted by Crippen LogP contribution is -2.39. The van der Waals surface area contributed by atoms with Gasteiger partial charge in [0, 0.05) is 20.2 Å². The summed E-state index contributed by atoms with van der Waals surface area (Å²) in [4.78, 5) is 13.9. The summed E-state index contributed by atoms with van der Waals surface area (Å²) in [6, 6.07) is 0. The largest absolute Gasteiger partial charge is 0.368 e. The molecule has 1 saturated carbocycles. The normalized spacial score (nSPS) is 26.9. The molecule has 3 nitrogen and oxygen atoms in total. The van der Waals surface area contributed by atoms with Crippen molar-refractivity contribution in [3.63, 3.8) is 0 Å². The van der Waals surface area contributed by atoms with Crippen LogP contribution in [0.2, 0.25) is 0 Å². The van der Waals surface area contributed by atoms with Crippen molar-refractivity contribution in [1.82, 2.24) is 4.90 Å². The Kier molecular flexibility index (Phi) is 4.22. The number of carbonyl (C=O) groups excluding carboxylic acids is 1. The Labute approximate surface area is 98.1 Å². The standard InChI is InChI=1S/C13H23NO2/c1-14(10-11-6-3-2-4-7-11)13(15)12-8-5-9-16-12/h11-12H,2-10H2,1H3. The molecule has 16 heavy (non-hydrogen) atoms. The molecule has 0 bridgehead atoms. The second kappa shape index (κ2) is 5.67. The van der Waals surface area contributed by atoms with E-state index < -0.39 is 0 Å². The van der Waals surface area contributed by atoms with Gasteiger partial charge in [-0.2, -0.15) is 0 Å². The van der Waals surface area contributed by atoms with E-state index in [1.807, 2.05) is 11.9 Å². The minimum atomic E-state index is -0.145. The van der Waals surface area contributed by atoms with Crippen molar-refractivity contribution in [3.8, 4) is 0 Å². The summed E-state index contributed by atoms with van der Waals surface area (Å²) in [6.07, 6.45) is 8.45. The summed E-state index contributed by atoms with van der Waals surface area (Å²) in [7, 11) is 1.93. The fraction of sp³-hybridized carbons (Fsp3) is 0.923. The van der Waals surface area contributed by atoms with Crippen LogP contribution in [0.4, 0.5) is 0 Å². The second-order valence-corrected chi connectivity index (χ2v) is 5.22. The molecule has 3 heteroatoms. The van der Waals surface area contributed by atoms with Crippen LogP contribution in [0, 0.1) is 5.92 Å². The average Bonchev–Trinajstić information content (AvgIpc) is 2.83. The highest BCUT2D eigenvalue weighted by molar-refractivity contribution is 5.80. The molecule has 2 aliphatic rings. The number of hydrogen-bond donors (Lipinski definition) is 0. The van der Waals surface area contributed by atoms with Gasteiger partial charge in [0.2, 0.25) is 0 Å². The molecule has 1 atom stereocenters. The molecule has 92 valence electrons. The monoisotopic (exact) mass is 225 g/mol. The molecular weight excluding hydrogens is 202 g/mol. The highest BCUT2D eigenvalue weighted by atomic mass is 16.5. The molecule has 2 rings (SSSR count). The van der Waals surface area contributed by atoms with Crippen molar-refractivity contribution in [2.45, 2.75) is 51.0 Å². The predicted octanol–water partition coefficient (Wildman–Crippen LogP) is 2.20. The molecule has 1 heterocycles. The number of hydrogen-bond acceptors (Lipinski definition) is 2. The van der Waals surface area contributed by atoms with Crippen LogP contribution in [0.3, 0.4) is 0 Å². The van der Waals surface area contributed by atoms with Gasteiger partial charge in [0.25, 0.3) is 5.91 Å². The maximum Gasteiger partial charge on any atom is 0.251 e. The maximum absolute atomic E-state index is 12.0. The van der Waals surface area contributed by atoms with Crippen LogP contribution < -0.4 is 0 Å². The van der Waals surface area contributed by atoms with Gasteiger partial charge in [0.1, 0.15) is 6.10 Å². The molecule has 0 aromatic carbocycles. The van der Waals surface area contributed by atoms with E-state index in [9.17, 15) is 4.79 Å². The Morgan fingerprint density at radius 3 is 2.56 bits per heavy atom. The van der Waals surface area contributed by atoms with Crippen molar-refractivity contribution < 1.29 is 9.53 Å². The van der Waals surface area contributed by atoms with Gasteiger partial charge in [-0.3, -0.25) is 4.79 Å². The summed E-state index contributed by atoms with van der Waals surface area (Å²) in [5.41, 5.74) is 0. The van der Waals surface area contributed by atoms with Crippen molar-refractivity contribution in [2.24, 2.45) is 5.92 Å². The number of rotatable bonds is 3. The van der Waals surface area contributed by atoms with Crippen LogP contribution in [-0.4, -0.2) is 37.1 Å². The highest BCUT2D eigenvalue weighted by Gasteiger charge is 2.27. The van der Waals surface area contributed by atoms with E-state index in [-0.39, 0.29) is 12.0 Å². The van der Waals surface area contributed by atoms with E-state index in [2.05, 4.69) is 0 Å². The van der Waals surface area contributed by atoms with Crippen molar-refractivity contribution in [2.75, 3.05) is 20.2 Å². The van der Waals surface area contributed by atoms with E-state index >= 15 is 0 Å². The molecule has 0 spiro atoms. The fourth-order valence-corrected chi connectivity index (χ4v) is 2.87. The maximum atomic E-state index is 12.0. The van der Waals surface area contributed by atoms with E-state index in [1.165, 1.54) is 32.1 Å². The lowest BCUT2D eigenvalue weighted by molar-refractivity contribution is -0.140. The first kappa shape index (κ1) is 11.9. The molecule has 1 aliphatic heterocycles. The van der Waals surface area contributed by atoms with Crippen LogP contribution in [0.5, 0.6) is 0 Å². The van der Waals surface area contributed by atoms with Crippen LogP contribution >= 0.6 is 0 Å². The SMILES string of the molecule is CN(CC1CCCCC1)C(=O)C1CCCO1. The Morgan fingerprint density at radius 2 is 1.94 bits per heavy atom. The fourth-order valence-electron chi connectivity index (χ4n) is 2.87. The lowest BCUT2D eigenvalue weighted by atomic mass is 9.89. The molecule has 0 aromatic rings. The Balaban J connectivity index is 1.77. The van der Waals surface area contributed by atoms with Gasteiger partial charge >= 0.3 is 0 Å². The molecule has 1 amide bonds. The number of carbonyl (C=O) groups is 1. The van der Waals surface area contributed by atoms with Crippen molar-refractivity contribution in [3.05, 3.63) is 0 Å². The lowest BCUT2D eigenvalue weighted by Gasteiger charge is -2.28. The zero-order valence-corrected chi connectivity index (χ0v) is 10.3. The molecule has 0 radical (unpaired) electrons. The number of ether oxygens (including phenoxy) is 1. The second-order valence-electron chi connectivity index (χ2n) is 5.22. The van der Waals surface area contributed by atoms with Gasteiger partial charge in [-0.05, 0) is 31.6 Å². The molecule has 1 aliphatic carbocycles. The third-order valence-corrected chi connectivity index (χ3v) is 3.84. The Morgan fingerprint density at radius 1 is 1.19 bits per heavy atom. The van der Waals surface area contributed by atoms with Gasteiger partial charge < -0.3 is 9.64 Å². The first-order valence-corrected chi connectivity index (χ1v) is 6.64. The first-order valence-electron chi connectivity index (χ1n) is 6.64. The summed E-state index contributed by atoms with van der Waals surface area (Å²) >= 11 is 0. The molecule has 0 N–H and O–H groups in total. The van der Waals surface area contributed by atoms with E-state index in [0.717, 1.165) is 31.9 Å². The first-order chi connectivity index (χ1) is 7.77. The Bertz CT molecular complexity index is 230. The van der Waals surface area contributed by atoms with Gasteiger partial charge in [-0.25, -0.2) is 0 Å². The minimum absolute atomic E-state index is 0.145. The van der Waals surface area contributed by atoms with E-state index in [1.54, 1.807) is 0 Å². The predicted molar refractivity (Wildman–Crippen MR) is 63.2 cm³/mol. The Hall–Kier alpha value is -0.570. The summed E-state index contributed by atoms with van der Waals surface area (Å²) in [5.74, 6) is 0.923. The topological polar surface area (TPSA) is 29.5 Å². The average molecular weight is 225 g/mol. The summed E-state index contributed by atoms with van der Waals surface area (Å²) in [6.45, 7) is 1.69. The zero-order chi connectivity index (χ0) is 11.4. The van der Waals surface area contributed by atoms with E-state index in [4.69, 9.17) is 4.74 Å². The number of likely N-dealkylation sites (N-methyl/N-ethyl adjacent to an activating group) is 1. The highest BCUT2D eigenvalue weighted by Crippen LogP contribution is 2.24. The quantitative estimate of drug-likeness (QED) is 0.737. The summed E-state index contributed by atoms with van der Waals surface area (Å²) < 4.78 is 5.43.